The van der Waals surface area contributed by atoms with Gasteiger partial charge < -0.3 is 0 Å². The molecular formula is C8H17NO2. The summed E-state index contributed by atoms with van der Waals surface area (Å²) in [6.45, 7) is 6.30. The van der Waals surface area contributed by atoms with Gasteiger partial charge in [0, 0.05) is 10.8 Å². The lowest BCUT2D eigenvalue weighted by molar-refractivity contribution is -0.490. The number of nitro groups is 1. The second kappa shape index (κ2) is 5.10. The van der Waals surface area contributed by atoms with Crippen molar-refractivity contribution in [3.05, 3.63) is 10.1 Å². The summed E-state index contributed by atoms with van der Waals surface area (Å²) in [6, 6.07) is 0. The number of hydrogen-bond acceptors (Lipinski definition) is 2. The minimum Gasteiger partial charge on any atom is -0.265 e. The lowest BCUT2D eigenvalue weighted by Crippen LogP contribution is -2.20. The van der Waals surface area contributed by atoms with E-state index in [1.807, 2.05) is 6.92 Å². The first kappa shape index (κ1) is 10.4. The van der Waals surface area contributed by atoms with Gasteiger partial charge in [0.2, 0.25) is 6.54 Å². The summed E-state index contributed by atoms with van der Waals surface area (Å²) in [5.74, 6) is 0.736. The van der Waals surface area contributed by atoms with Crippen LogP contribution in [0.2, 0.25) is 0 Å². The molecule has 0 aromatic carbocycles. The Labute approximate surface area is 67.9 Å². The molecular weight excluding hydrogens is 142 g/mol. The second-order valence-corrected chi connectivity index (χ2v) is 3.07. The molecule has 0 spiro atoms. The van der Waals surface area contributed by atoms with Crippen molar-refractivity contribution in [3.63, 3.8) is 0 Å². The summed E-state index contributed by atoms with van der Waals surface area (Å²) in [7, 11) is 0. The van der Waals surface area contributed by atoms with Gasteiger partial charge >= 0.3 is 0 Å². The molecule has 0 aliphatic carbocycles. The first-order valence-corrected chi connectivity index (χ1v) is 4.23. The van der Waals surface area contributed by atoms with Crippen LogP contribution in [-0.2, 0) is 0 Å². The van der Waals surface area contributed by atoms with Crippen LogP contribution in [0.3, 0.4) is 0 Å². The topological polar surface area (TPSA) is 43.1 Å². The molecule has 66 valence electrons. The molecule has 0 saturated carbocycles. The van der Waals surface area contributed by atoms with Crippen LogP contribution in [0.15, 0.2) is 0 Å². The van der Waals surface area contributed by atoms with Crippen molar-refractivity contribution in [1.29, 1.82) is 0 Å². The fourth-order valence-electron chi connectivity index (χ4n) is 1.24. The van der Waals surface area contributed by atoms with E-state index in [-0.39, 0.29) is 17.4 Å². The van der Waals surface area contributed by atoms with E-state index in [4.69, 9.17) is 0 Å². The van der Waals surface area contributed by atoms with Crippen LogP contribution in [-0.4, -0.2) is 11.5 Å². The summed E-state index contributed by atoms with van der Waals surface area (Å²) < 4.78 is 0. The Hall–Kier alpha value is -0.600. The molecule has 0 heterocycles. The molecule has 0 aromatic heterocycles. The molecule has 0 unspecified atom stereocenters. The quantitative estimate of drug-likeness (QED) is 0.456. The third kappa shape index (κ3) is 3.96. The smallest absolute Gasteiger partial charge is 0.206 e. The number of nitrogens with zero attached hydrogens (tertiary/aromatic N) is 1. The van der Waals surface area contributed by atoms with Crippen molar-refractivity contribution in [3.8, 4) is 0 Å². The fraction of sp³-hybridized carbons (Fsp3) is 1.00. The molecule has 11 heavy (non-hydrogen) atoms. The van der Waals surface area contributed by atoms with E-state index >= 15 is 0 Å². The Bertz CT molecular complexity index is 125. The average Bonchev–Trinajstić information content (AvgIpc) is 1.98. The highest BCUT2D eigenvalue weighted by atomic mass is 16.6. The van der Waals surface area contributed by atoms with Crippen molar-refractivity contribution in [1.82, 2.24) is 0 Å². The molecule has 0 rings (SSSR count). The van der Waals surface area contributed by atoms with Crippen LogP contribution in [0.4, 0.5) is 0 Å². The zero-order valence-electron chi connectivity index (χ0n) is 7.54. The van der Waals surface area contributed by atoms with Gasteiger partial charge in [-0.25, -0.2) is 0 Å². The molecule has 0 bridgehead atoms. The van der Waals surface area contributed by atoms with Gasteiger partial charge in [-0.2, -0.15) is 0 Å². The van der Waals surface area contributed by atoms with Gasteiger partial charge in [0.25, 0.3) is 0 Å². The van der Waals surface area contributed by atoms with E-state index < -0.39 is 0 Å². The summed E-state index contributed by atoms with van der Waals surface area (Å²) in [6.07, 6.45) is 1.95. The zero-order valence-corrected chi connectivity index (χ0v) is 7.54. The van der Waals surface area contributed by atoms with Gasteiger partial charge in [-0.15, -0.1) is 0 Å². The molecule has 0 aliphatic rings. The Morgan fingerprint density at radius 3 is 2.18 bits per heavy atom. The van der Waals surface area contributed by atoms with Crippen molar-refractivity contribution in [2.24, 2.45) is 11.8 Å². The molecule has 3 heteroatoms. The molecule has 0 radical (unpaired) electrons. The van der Waals surface area contributed by atoms with Gasteiger partial charge in [0.1, 0.15) is 0 Å². The van der Waals surface area contributed by atoms with E-state index in [9.17, 15) is 10.1 Å². The van der Waals surface area contributed by atoms with Gasteiger partial charge in [-0.05, 0) is 12.3 Å². The summed E-state index contributed by atoms with van der Waals surface area (Å²) >= 11 is 0. The molecule has 3 nitrogen and oxygen atoms in total. The molecule has 2 atom stereocenters. The summed E-state index contributed by atoms with van der Waals surface area (Å²) in [5, 5.41) is 10.2. The number of hydrogen-bond donors (Lipinski definition) is 0. The second-order valence-electron chi connectivity index (χ2n) is 3.07. The van der Waals surface area contributed by atoms with Gasteiger partial charge in [-0.1, -0.05) is 27.2 Å². The first-order valence-electron chi connectivity index (χ1n) is 4.23. The minimum atomic E-state index is -0.208. The maximum Gasteiger partial charge on any atom is 0.206 e. The zero-order chi connectivity index (χ0) is 8.85. The van der Waals surface area contributed by atoms with E-state index in [1.165, 1.54) is 0 Å². The van der Waals surface area contributed by atoms with Crippen LogP contribution in [0.5, 0.6) is 0 Å². The Morgan fingerprint density at radius 1 is 1.36 bits per heavy atom. The predicted octanol–water partition coefficient (Wildman–Crippen LogP) is 2.34. The molecule has 0 saturated heterocycles. The maximum absolute atomic E-state index is 10.2. The van der Waals surface area contributed by atoms with Crippen molar-refractivity contribution >= 4 is 0 Å². The van der Waals surface area contributed by atoms with Gasteiger partial charge in [0.15, 0.2) is 0 Å². The molecule has 0 fully saturated rings. The summed E-state index contributed by atoms with van der Waals surface area (Å²) in [5.41, 5.74) is 0. The Balaban J connectivity index is 3.84. The average molecular weight is 159 g/mol. The largest absolute Gasteiger partial charge is 0.265 e. The van der Waals surface area contributed by atoms with Crippen LogP contribution in [0.25, 0.3) is 0 Å². The van der Waals surface area contributed by atoms with Crippen molar-refractivity contribution in [2.75, 3.05) is 6.54 Å². The molecule has 0 aliphatic heterocycles. The van der Waals surface area contributed by atoms with Crippen LogP contribution < -0.4 is 0 Å². The van der Waals surface area contributed by atoms with E-state index in [0.29, 0.717) is 5.92 Å². The van der Waals surface area contributed by atoms with E-state index in [1.54, 1.807) is 0 Å². The SMILES string of the molecule is CC[C@H](C[N+](=O)[O-])[C@@H](C)CC. The number of rotatable bonds is 5. The Morgan fingerprint density at radius 2 is 1.91 bits per heavy atom. The third-order valence-corrected chi connectivity index (χ3v) is 2.36. The van der Waals surface area contributed by atoms with E-state index in [0.717, 1.165) is 12.8 Å². The first-order chi connectivity index (χ1) is 5.11. The predicted molar refractivity (Wildman–Crippen MR) is 45.1 cm³/mol. The van der Waals surface area contributed by atoms with Crippen molar-refractivity contribution < 1.29 is 4.92 Å². The van der Waals surface area contributed by atoms with Gasteiger partial charge in [-0.3, -0.25) is 10.1 Å². The van der Waals surface area contributed by atoms with E-state index in [2.05, 4.69) is 13.8 Å². The Kier molecular flexibility index (Phi) is 4.83. The molecule has 0 amide bonds. The monoisotopic (exact) mass is 159 g/mol. The lowest BCUT2D eigenvalue weighted by Gasteiger charge is -2.16. The molecule has 0 aromatic rings. The highest BCUT2D eigenvalue weighted by molar-refractivity contribution is 4.62. The van der Waals surface area contributed by atoms with Crippen LogP contribution >= 0.6 is 0 Å². The maximum atomic E-state index is 10.2. The van der Waals surface area contributed by atoms with Crippen molar-refractivity contribution in [2.45, 2.75) is 33.6 Å². The third-order valence-electron chi connectivity index (χ3n) is 2.36. The molecule has 0 N–H and O–H groups in total. The minimum absolute atomic E-state index is 0.130. The fourth-order valence-corrected chi connectivity index (χ4v) is 1.24. The van der Waals surface area contributed by atoms with Crippen LogP contribution in [0.1, 0.15) is 33.6 Å². The highest BCUT2D eigenvalue weighted by Crippen LogP contribution is 2.18. The van der Waals surface area contributed by atoms with Gasteiger partial charge in [0.05, 0.1) is 0 Å². The lowest BCUT2D eigenvalue weighted by atomic mass is 9.90. The summed E-state index contributed by atoms with van der Waals surface area (Å²) in [4.78, 5) is 9.99. The normalized spacial score (nSPS) is 15.9. The van der Waals surface area contributed by atoms with Crippen LogP contribution in [0, 0.1) is 22.0 Å². The standard InChI is InChI=1S/C8H17NO2/c1-4-7(3)8(5-2)6-9(10)11/h7-8H,4-6H2,1-3H3/t7-,8+/m0/s1. The highest BCUT2D eigenvalue weighted by Gasteiger charge is 2.18.